The van der Waals surface area contributed by atoms with Crippen molar-refractivity contribution in [3.05, 3.63) is 35.9 Å². The Morgan fingerprint density at radius 1 is 1.19 bits per heavy atom. The highest BCUT2D eigenvalue weighted by Gasteiger charge is 2.27. The quantitative estimate of drug-likeness (QED) is 0.843. The average Bonchev–Trinajstić information content (AvgIpc) is 2.48. The van der Waals surface area contributed by atoms with E-state index in [-0.39, 0.29) is 0 Å². The predicted molar refractivity (Wildman–Crippen MR) is 85.3 cm³/mol. The van der Waals surface area contributed by atoms with Gasteiger partial charge in [0.1, 0.15) is 6.04 Å². The number of nitrogens with one attached hydrogen (secondary N) is 1. The molecule has 0 spiro atoms. The van der Waals surface area contributed by atoms with Crippen molar-refractivity contribution < 1.29 is 9.90 Å². The van der Waals surface area contributed by atoms with Gasteiger partial charge in [0.15, 0.2) is 0 Å². The molecule has 1 saturated carbocycles. The van der Waals surface area contributed by atoms with Crippen LogP contribution in [0.15, 0.2) is 30.3 Å². The molecule has 1 aliphatic carbocycles. The van der Waals surface area contributed by atoms with Crippen molar-refractivity contribution >= 4 is 5.97 Å². The number of hydrogen-bond donors (Lipinski definition) is 2. The minimum Gasteiger partial charge on any atom is -0.480 e. The Morgan fingerprint density at radius 2 is 1.81 bits per heavy atom. The van der Waals surface area contributed by atoms with Crippen LogP contribution in [0.4, 0.5) is 0 Å². The van der Waals surface area contributed by atoms with E-state index < -0.39 is 12.0 Å². The zero-order valence-electron chi connectivity index (χ0n) is 13.1. The van der Waals surface area contributed by atoms with E-state index in [4.69, 9.17) is 0 Å². The maximum atomic E-state index is 11.5. The molecule has 1 aromatic carbocycles. The fourth-order valence-electron chi connectivity index (χ4n) is 3.30. The van der Waals surface area contributed by atoms with E-state index in [1.54, 1.807) is 0 Å². The molecule has 0 bridgehead atoms. The maximum Gasteiger partial charge on any atom is 0.321 e. The summed E-state index contributed by atoms with van der Waals surface area (Å²) in [6, 6.07) is 9.74. The van der Waals surface area contributed by atoms with Gasteiger partial charge in [-0.1, -0.05) is 44.2 Å². The Kier molecular flexibility index (Phi) is 5.80. The summed E-state index contributed by atoms with van der Waals surface area (Å²) < 4.78 is 0. The van der Waals surface area contributed by atoms with Gasteiger partial charge < -0.3 is 10.4 Å². The molecule has 1 fully saturated rings. The normalized spacial score (nSPS) is 24.0. The predicted octanol–water partition coefficient (Wildman–Crippen LogP) is 3.49. The van der Waals surface area contributed by atoms with Crippen LogP contribution in [0.1, 0.15) is 45.1 Å². The first kappa shape index (κ1) is 16.0. The van der Waals surface area contributed by atoms with E-state index in [1.165, 1.54) is 12.8 Å². The van der Waals surface area contributed by atoms with E-state index in [2.05, 4.69) is 19.2 Å². The molecule has 0 radical (unpaired) electrons. The van der Waals surface area contributed by atoms with Crippen molar-refractivity contribution in [3.8, 4) is 0 Å². The Morgan fingerprint density at radius 3 is 2.33 bits per heavy atom. The van der Waals surface area contributed by atoms with Crippen LogP contribution in [-0.4, -0.2) is 23.2 Å². The van der Waals surface area contributed by atoms with Crippen molar-refractivity contribution in [2.75, 3.05) is 0 Å². The van der Waals surface area contributed by atoms with Crippen molar-refractivity contribution in [1.29, 1.82) is 0 Å². The van der Waals surface area contributed by atoms with Gasteiger partial charge in [-0.15, -0.1) is 0 Å². The molecule has 0 saturated heterocycles. The lowest BCUT2D eigenvalue weighted by molar-refractivity contribution is -0.139. The number of carboxylic acid groups (broad SMARTS) is 1. The molecule has 0 heterocycles. The second-order valence-corrected chi connectivity index (χ2v) is 6.60. The first-order chi connectivity index (χ1) is 10.1. The Labute approximate surface area is 127 Å². The molecule has 116 valence electrons. The van der Waals surface area contributed by atoms with Gasteiger partial charge in [0.25, 0.3) is 0 Å². The zero-order valence-corrected chi connectivity index (χ0v) is 13.1. The van der Waals surface area contributed by atoms with Gasteiger partial charge >= 0.3 is 5.97 Å². The first-order valence-electron chi connectivity index (χ1n) is 8.09. The van der Waals surface area contributed by atoms with Gasteiger partial charge in [0.05, 0.1) is 0 Å². The number of aliphatic carboxylic acids is 1. The fourth-order valence-corrected chi connectivity index (χ4v) is 3.30. The molecule has 2 rings (SSSR count). The molecule has 0 unspecified atom stereocenters. The van der Waals surface area contributed by atoms with Crippen LogP contribution in [0, 0.1) is 11.8 Å². The lowest BCUT2D eigenvalue weighted by Crippen LogP contribution is -2.46. The van der Waals surface area contributed by atoms with Crippen molar-refractivity contribution in [2.24, 2.45) is 11.8 Å². The van der Waals surface area contributed by atoms with Crippen LogP contribution in [0.25, 0.3) is 0 Å². The van der Waals surface area contributed by atoms with E-state index in [1.807, 2.05) is 30.3 Å². The maximum absolute atomic E-state index is 11.5. The van der Waals surface area contributed by atoms with Gasteiger partial charge in [-0.3, -0.25) is 4.79 Å². The molecular formula is C18H27NO2. The molecular weight excluding hydrogens is 262 g/mol. The summed E-state index contributed by atoms with van der Waals surface area (Å²) >= 11 is 0. The molecule has 21 heavy (non-hydrogen) atoms. The topological polar surface area (TPSA) is 49.3 Å². The average molecular weight is 289 g/mol. The van der Waals surface area contributed by atoms with E-state index in [0.717, 1.165) is 30.2 Å². The molecule has 3 heteroatoms. The second-order valence-electron chi connectivity index (χ2n) is 6.60. The van der Waals surface area contributed by atoms with Crippen LogP contribution < -0.4 is 5.32 Å². The van der Waals surface area contributed by atoms with Crippen LogP contribution in [0.2, 0.25) is 0 Å². The summed E-state index contributed by atoms with van der Waals surface area (Å²) in [7, 11) is 0. The van der Waals surface area contributed by atoms with Crippen LogP contribution in [0.3, 0.4) is 0 Å². The van der Waals surface area contributed by atoms with Crippen LogP contribution in [-0.2, 0) is 11.2 Å². The van der Waals surface area contributed by atoms with Crippen molar-refractivity contribution in [3.63, 3.8) is 0 Å². The first-order valence-corrected chi connectivity index (χ1v) is 8.09. The van der Waals surface area contributed by atoms with E-state index >= 15 is 0 Å². The Hall–Kier alpha value is -1.35. The highest BCUT2D eigenvalue weighted by molar-refractivity contribution is 5.74. The van der Waals surface area contributed by atoms with Crippen LogP contribution in [0.5, 0.6) is 0 Å². The highest BCUT2D eigenvalue weighted by Crippen LogP contribution is 2.30. The highest BCUT2D eigenvalue weighted by atomic mass is 16.4. The number of hydrogen-bond acceptors (Lipinski definition) is 2. The minimum absolute atomic E-state index is 0.352. The number of carbonyl (C=O) groups is 1. The summed E-state index contributed by atoms with van der Waals surface area (Å²) in [5.41, 5.74) is 1.08. The fraction of sp³-hybridized carbons (Fsp3) is 0.611. The Bertz CT molecular complexity index is 436. The van der Waals surface area contributed by atoms with Crippen molar-refractivity contribution in [2.45, 2.75) is 58.0 Å². The molecule has 1 aliphatic rings. The monoisotopic (exact) mass is 289 g/mol. The minimum atomic E-state index is -0.746. The third kappa shape index (κ3) is 4.85. The van der Waals surface area contributed by atoms with E-state index in [0.29, 0.717) is 12.5 Å². The molecule has 3 nitrogen and oxygen atoms in total. The number of rotatable bonds is 6. The third-order valence-corrected chi connectivity index (χ3v) is 4.73. The standard InChI is InChI=1S/C18H27NO2/c1-13(2)15-8-10-16(11-9-15)19-17(18(20)21)12-14-6-4-3-5-7-14/h3-7,13,15-17,19H,8-12H2,1-2H3,(H,20,21)/t15?,16?,17-/m0/s1. The number of benzene rings is 1. The molecule has 2 N–H and O–H groups in total. The lowest BCUT2D eigenvalue weighted by Gasteiger charge is -2.33. The summed E-state index contributed by atoms with van der Waals surface area (Å²) in [6.45, 7) is 4.57. The third-order valence-electron chi connectivity index (χ3n) is 4.73. The zero-order chi connectivity index (χ0) is 15.2. The van der Waals surface area contributed by atoms with E-state index in [9.17, 15) is 9.90 Å². The summed E-state index contributed by atoms with van der Waals surface area (Å²) in [4.78, 5) is 11.5. The van der Waals surface area contributed by atoms with Gasteiger partial charge in [-0.2, -0.15) is 0 Å². The van der Waals surface area contributed by atoms with Gasteiger partial charge in [-0.05, 0) is 49.5 Å². The second kappa shape index (κ2) is 7.60. The Balaban J connectivity index is 1.88. The van der Waals surface area contributed by atoms with Crippen molar-refractivity contribution in [1.82, 2.24) is 5.32 Å². The van der Waals surface area contributed by atoms with Gasteiger partial charge in [0.2, 0.25) is 0 Å². The SMILES string of the molecule is CC(C)C1CCC(N[C@@H](Cc2ccccc2)C(=O)O)CC1. The molecule has 0 aromatic heterocycles. The van der Waals surface area contributed by atoms with Crippen LogP contribution >= 0.6 is 0 Å². The lowest BCUT2D eigenvalue weighted by atomic mass is 9.79. The summed E-state index contributed by atoms with van der Waals surface area (Å²) in [5.74, 6) is 0.802. The number of carboxylic acids is 1. The molecule has 1 atom stereocenters. The summed E-state index contributed by atoms with van der Waals surface area (Å²) in [5, 5.41) is 12.8. The summed E-state index contributed by atoms with van der Waals surface area (Å²) in [6.07, 6.45) is 5.18. The molecule has 0 amide bonds. The molecule has 1 aromatic rings. The van der Waals surface area contributed by atoms with Gasteiger partial charge in [-0.25, -0.2) is 0 Å². The van der Waals surface area contributed by atoms with Gasteiger partial charge in [0, 0.05) is 6.04 Å². The smallest absolute Gasteiger partial charge is 0.321 e. The molecule has 0 aliphatic heterocycles. The largest absolute Gasteiger partial charge is 0.480 e.